The van der Waals surface area contributed by atoms with E-state index in [9.17, 15) is 15.3 Å². The zero-order valence-electron chi connectivity index (χ0n) is 13.8. The molecule has 0 aliphatic carbocycles. The summed E-state index contributed by atoms with van der Waals surface area (Å²) in [5.41, 5.74) is 2.40. The molecule has 4 nitrogen and oxygen atoms in total. The first-order chi connectivity index (χ1) is 12.1. The fourth-order valence-electron chi connectivity index (χ4n) is 2.82. The summed E-state index contributed by atoms with van der Waals surface area (Å²) >= 11 is 0. The normalized spacial score (nSPS) is 10.9. The van der Waals surface area contributed by atoms with Gasteiger partial charge in [0.15, 0.2) is 0 Å². The van der Waals surface area contributed by atoms with Crippen molar-refractivity contribution in [3.63, 3.8) is 0 Å². The van der Waals surface area contributed by atoms with Gasteiger partial charge in [-0.2, -0.15) is 0 Å². The van der Waals surface area contributed by atoms with E-state index in [0.717, 1.165) is 16.7 Å². The fraction of sp³-hybridized carbons (Fsp3) is 0.143. The Morgan fingerprint density at radius 3 is 1.04 bits per heavy atom. The van der Waals surface area contributed by atoms with Crippen molar-refractivity contribution in [2.75, 3.05) is 0 Å². The van der Waals surface area contributed by atoms with E-state index in [-0.39, 0.29) is 17.2 Å². The molecule has 0 amide bonds. The summed E-state index contributed by atoms with van der Waals surface area (Å²) in [7, 11) is 0. The highest BCUT2D eigenvalue weighted by Gasteiger charge is 2.14. The van der Waals surface area contributed by atoms with E-state index in [1.54, 1.807) is 36.4 Å². The second-order valence-electron chi connectivity index (χ2n) is 6.03. The lowest BCUT2D eigenvalue weighted by Crippen LogP contribution is -2.22. The molecule has 3 aromatic carbocycles. The van der Waals surface area contributed by atoms with E-state index in [0.29, 0.717) is 19.6 Å². The van der Waals surface area contributed by atoms with Gasteiger partial charge in [-0.15, -0.1) is 0 Å². The van der Waals surface area contributed by atoms with Crippen molar-refractivity contribution < 1.29 is 15.3 Å². The first kappa shape index (κ1) is 16.9. The molecule has 0 unspecified atom stereocenters. The third-order valence-electron chi connectivity index (χ3n) is 4.16. The molecular weight excluding hydrogens is 314 g/mol. The van der Waals surface area contributed by atoms with E-state index in [4.69, 9.17) is 0 Å². The SMILES string of the molecule is Oc1ccccc1CN(Cc1ccccc1O)Cc1ccccc1O. The zero-order chi connectivity index (χ0) is 17.6. The van der Waals surface area contributed by atoms with Crippen molar-refractivity contribution in [1.82, 2.24) is 4.90 Å². The monoisotopic (exact) mass is 335 g/mol. The Morgan fingerprint density at radius 2 is 0.760 bits per heavy atom. The molecule has 3 N–H and O–H groups in total. The Kier molecular flexibility index (Phi) is 5.21. The molecule has 0 saturated carbocycles. The number of benzene rings is 3. The average Bonchev–Trinajstić information content (AvgIpc) is 2.61. The first-order valence-corrected chi connectivity index (χ1v) is 8.16. The second kappa shape index (κ2) is 7.73. The third-order valence-corrected chi connectivity index (χ3v) is 4.16. The highest BCUT2D eigenvalue weighted by Crippen LogP contribution is 2.25. The molecule has 3 rings (SSSR count). The van der Waals surface area contributed by atoms with Crippen LogP contribution in [-0.2, 0) is 19.6 Å². The van der Waals surface area contributed by atoms with Crippen LogP contribution in [0.4, 0.5) is 0 Å². The summed E-state index contributed by atoms with van der Waals surface area (Å²) in [6.45, 7) is 1.49. The van der Waals surface area contributed by atoms with E-state index >= 15 is 0 Å². The van der Waals surface area contributed by atoms with Crippen LogP contribution in [0.25, 0.3) is 0 Å². The maximum atomic E-state index is 10.1. The number of rotatable bonds is 6. The van der Waals surface area contributed by atoms with Gasteiger partial charge in [-0.05, 0) is 18.2 Å². The van der Waals surface area contributed by atoms with Crippen molar-refractivity contribution in [2.24, 2.45) is 0 Å². The molecule has 0 fully saturated rings. The summed E-state index contributed by atoms with van der Waals surface area (Å²) in [5.74, 6) is 0.714. The minimum Gasteiger partial charge on any atom is -0.508 e. The van der Waals surface area contributed by atoms with Crippen molar-refractivity contribution in [2.45, 2.75) is 19.6 Å². The topological polar surface area (TPSA) is 63.9 Å². The van der Waals surface area contributed by atoms with Gasteiger partial charge in [-0.1, -0.05) is 54.6 Å². The van der Waals surface area contributed by atoms with Crippen LogP contribution in [0.15, 0.2) is 72.8 Å². The molecule has 3 aromatic rings. The minimum atomic E-state index is 0.238. The summed E-state index contributed by atoms with van der Waals surface area (Å²) < 4.78 is 0. The molecule has 0 atom stereocenters. The molecule has 4 heteroatoms. The van der Waals surface area contributed by atoms with E-state index in [2.05, 4.69) is 4.90 Å². The van der Waals surface area contributed by atoms with Crippen LogP contribution < -0.4 is 0 Å². The van der Waals surface area contributed by atoms with Gasteiger partial charge in [0.2, 0.25) is 0 Å². The molecule has 0 heterocycles. The van der Waals surface area contributed by atoms with Gasteiger partial charge < -0.3 is 15.3 Å². The number of phenolic OH excluding ortho intramolecular Hbond substituents is 3. The number of para-hydroxylation sites is 3. The Balaban J connectivity index is 1.86. The Labute approximate surface area is 147 Å². The number of nitrogens with zero attached hydrogens (tertiary/aromatic N) is 1. The Bertz CT molecular complexity index is 735. The van der Waals surface area contributed by atoms with Crippen LogP contribution in [0.3, 0.4) is 0 Å². The molecule has 0 radical (unpaired) electrons. The maximum absolute atomic E-state index is 10.1. The highest BCUT2D eigenvalue weighted by molar-refractivity contribution is 5.35. The largest absolute Gasteiger partial charge is 0.508 e. The zero-order valence-corrected chi connectivity index (χ0v) is 13.8. The van der Waals surface area contributed by atoms with Gasteiger partial charge in [0.25, 0.3) is 0 Å². The van der Waals surface area contributed by atoms with Gasteiger partial charge >= 0.3 is 0 Å². The molecule has 128 valence electrons. The quantitative estimate of drug-likeness (QED) is 0.637. The van der Waals surface area contributed by atoms with Crippen LogP contribution in [0.1, 0.15) is 16.7 Å². The van der Waals surface area contributed by atoms with Crippen molar-refractivity contribution in [3.8, 4) is 17.2 Å². The molecule has 0 aliphatic rings. The van der Waals surface area contributed by atoms with Crippen molar-refractivity contribution >= 4 is 0 Å². The van der Waals surface area contributed by atoms with Crippen molar-refractivity contribution in [1.29, 1.82) is 0 Å². The lowest BCUT2D eigenvalue weighted by atomic mass is 10.1. The van der Waals surface area contributed by atoms with Crippen LogP contribution in [0.5, 0.6) is 17.2 Å². The molecular formula is C21H21NO3. The van der Waals surface area contributed by atoms with Gasteiger partial charge in [0.05, 0.1) is 0 Å². The third kappa shape index (κ3) is 4.31. The van der Waals surface area contributed by atoms with Crippen LogP contribution in [0.2, 0.25) is 0 Å². The number of hydrogen-bond acceptors (Lipinski definition) is 4. The summed E-state index contributed by atoms with van der Waals surface area (Å²) in [5, 5.41) is 30.2. The summed E-state index contributed by atoms with van der Waals surface area (Å²) in [6.07, 6.45) is 0. The molecule has 25 heavy (non-hydrogen) atoms. The summed E-state index contributed by atoms with van der Waals surface area (Å²) in [4.78, 5) is 2.07. The Hall–Kier alpha value is -2.98. The number of hydrogen-bond donors (Lipinski definition) is 3. The van der Waals surface area contributed by atoms with Gasteiger partial charge in [0.1, 0.15) is 17.2 Å². The smallest absolute Gasteiger partial charge is 0.120 e. The molecule has 0 bridgehead atoms. The number of phenols is 3. The predicted octanol–water partition coefficient (Wildman–Crippen LogP) is 4.01. The van der Waals surface area contributed by atoms with Crippen LogP contribution in [-0.4, -0.2) is 20.2 Å². The molecule has 0 saturated heterocycles. The van der Waals surface area contributed by atoms with Crippen LogP contribution >= 0.6 is 0 Å². The first-order valence-electron chi connectivity index (χ1n) is 8.16. The lowest BCUT2D eigenvalue weighted by Gasteiger charge is -2.24. The lowest BCUT2D eigenvalue weighted by molar-refractivity contribution is 0.238. The summed E-state index contributed by atoms with van der Waals surface area (Å²) in [6, 6.07) is 21.6. The average molecular weight is 335 g/mol. The van der Waals surface area contributed by atoms with Crippen LogP contribution in [0, 0.1) is 0 Å². The van der Waals surface area contributed by atoms with Gasteiger partial charge in [-0.25, -0.2) is 0 Å². The standard InChI is InChI=1S/C21H21NO3/c23-19-10-4-1-7-16(19)13-22(14-17-8-2-5-11-20(17)24)15-18-9-3-6-12-21(18)25/h1-12,23-25H,13-15H2. The Morgan fingerprint density at radius 1 is 0.480 bits per heavy atom. The van der Waals surface area contributed by atoms with Gasteiger partial charge in [-0.3, -0.25) is 4.90 Å². The van der Waals surface area contributed by atoms with Crippen molar-refractivity contribution in [3.05, 3.63) is 89.5 Å². The number of aromatic hydroxyl groups is 3. The molecule has 0 aliphatic heterocycles. The van der Waals surface area contributed by atoms with E-state index < -0.39 is 0 Å². The van der Waals surface area contributed by atoms with E-state index in [1.807, 2.05) is 36.4 Å². The van der Waals surface area contributed by atoms with E-state index in [1.165, 1.54) is 0 Å². The fourth-order valence-corrected chi connectivity index (χ4v) is 2.82. The minimum absolute atomic E-state index is 0.238. The van der Waals surface area contributed by atoms with Gasteiger partial charge in [0, 0.05) is 36.3 Å². The maximum Gasteiger partial charge on any atom is 0.120 e. The molecule has 0 spiro atoms. The predicted molar refractivity (Wildman–Crippen MR) is 97.3 cm³/mol. The highest BCUT2D eigenvalue weighted by atomic mass is 16.3. The second-order valence-corrected chi connectivity index (χ2v) is 6.03. The molecule has 0 aromatic heterocycles.